The molecule has 1 unspecified atom stereocenters. The Labute approximate surface area is 113 Å². The lowest BCUT2D eigenvalue weighted by molar-refractivity contribution is 0.352. The highest BCUT2D eigenvalue weighted by Gasteiger charge is 2.20. The molecule has 0 amide bonds. The van der Waals surface area contributed by atoms with Crippen LogP contribution in [0.1, 0.15) is 38.8 Å². The topological polar surface area (TPSA) is 24.9 Å². The summed E-state index contributed by atoms with van der Waals surface area (Å²) in [5, 5.41) is 6.53. The molecule has 1 aromatic heterocycles. The second kappa shape index (κ2) is 5.53. The maximum Gasteiger partial charge on any atom is 0.183 e. The molecule has 0 aliphatic carbocycles. The fourth-order valence-electron chi connectivity index (χ4n) is 1.99. The largest absolute Gasteiger partial charge is 0.355 e. The van der Waals surface area contributed by atoms with Gasteiger partial charge in [0.15, 0.2) is 5.13 Å². The van der Waals surface area contributed by atoms with Gasteiger partial charge in [0, 0.05) is 11.6 Å². The zero-order valence-electron chi connectivity index (χ0n) is 11.2. The third-order valence-electron chi connectivity index (χ3n) is 2.75. The van der Waals surface area contributed by atoms with Gasteiger partial charge in [0.2, 0.25) is 0 Å². The lowest BCUT2D eigenvalue weighted by Crippen LogP contribution is -2.18. The van der Waals surface area contributed by atoms with E-state index in [0.29, 0.717) is 6.04 Å². The van der Waals surface area contributed by atoms with E-state index in [0.717, 1.165) is 11.6 Å². The number of benzene rings is 1. The van der Waals surface area contributed by atoms with Crippen molar-refractivity contribution < 1.29 is 0 Å². The van der Waals surface area contributed by atoms with Crippen molar-refractivity contribution in [1.82, 2.24) is 4.98 Å². The lowest BCUT2D eigenvalue weighted by Gasteiger charge is -2.27. The summed E-state index contributed by atoms with van der Waals surface area (Å²) in [4.78, 5) is 4.32. The van der Waals surface area contributed by atoms with Gasteiger partial charge in [0.05, 0.1) is 6.04 Å². The number of hydrogen-bond donors (Lipinski definition) is 1. The third-order valence-corrected chi connectivity index (χ3v) is 3.45. The maximum atomic E-state index is 4.32. The molecule has 2 aromatic rings. The quantitative estimate of drug-likeness (QED) is 0.859. The van der Waals surface area contributed by atoms with Crippen molar-refractivity contribution in [3.63, 3.8) is 0 Å². The minimum atomic E-state index is 0.283. The predicted octanol–water partition coefficient (Wildman–Crippen LogP) is 4.73. The average Bonchev–Trinajstić information content (AvgIpc) is 2.80. The van der Waals surface area contributed by atoms with Crippen molar-refractivity contribution in [1.29, 1.82) is 0 Å². The molecular formula is C15H20N2S. The molecule has 0 radical (unpaired) electrons. The smallest absolute Gasteiger partial charge is 0.183 e. The van der Waals surface area contributed by atoms with E-state index in [9.17, 15) is 0 Å². The van der Waals surface area contributed by atoms with E-state index in [4.69, 9.17) is 0 Å². The van der Waals surface area contributed by atoms with Crippen LogP contribution in [0.15, 0.2) is 41.9 Å². The summed E-state index contributed by atoms with van der Waals surface area (Å²) in [7, 11) is 0. The van der Waals surface area contributed by atoms with Gasteiger partial charge in [-0.05, 0) is 17.4 Å². The number of anilines is 1. The Morgan fingerprint density at radius 2 is 1.94 bits per heavy atom. The van der Waals surface area contributed by atoms with Crippen LogP contribution in [0.3, 0.4) is 0 Å². The van der Waals surface area contributed by atoms with Gasteiger partial charge >= 0.3 is 0 Å². The second-order valence-corrected chi connectivity index (χ2v) is 6.60. The van der Waals surface area contributed by atoms with E-state index < -0.39 is 0 Å². The molecule has 0 aliphatic heterocycles. The summed E-state index contributed by atoms with van der Waals surface area (Å²) in [6, 6.07) is 10.9. The van der Waals surface area contributed by atoms with Crippen LogP contribution in [-0.4, -0.2) is 4.98 Å². The lowest BCUT2D eigenvalue weighted by atomic mass is 9.85. The van der Waals surface area contributed by atoms with Crippen LogP contribution < -0.4 is 5.32 Å². The molecular weight excluding hydrogens is 240 g/mol. The van der Waals surface area contributed by atoms with E-state index in [1.807, 2.05) is 11.6 Å². The molecule has 0 spiro atoms. The summed E-state index contributed by atoms with van der Waals surface area (Å²) in [6.07, 6.45) is 2.92. The molecule has 0 aliphatic rings. The number of aromatic nitrogens is 1. The van der Waals surface area contributed by atoms with E-state index in [1.54, 1.807) is 11.3 Å². The van der Waals surface area contributed by atoms with Crippen LogP contribution in [0.4, 0.5) is 5.13 Å². The standard InChI is InChI=1S/C15H20N2S/c1-15(2,3)11-13(12-7-5-4-6-8-12)17-14-16-9-10-18-14/h4-10,13H,11H2,1-3H3,(H,16,17). The Balaban J connectivity index is 2.18. The predicted molar refractivity (Wildman–Crippen MR) is 79.0 cm³/mol. The van der Waals surface area contributed by atoms with Crippen LogP contribution in [0, 0.1) is 5.41 Å². The van der Waals surface area contributed by atoms with Gasteiger partial charge in [-0.2, -0.15) is 0 Å². The molecule has 3 heteroatoms. The molecule has 0 saturated heterocycles. The number of hydrogen-bond acceptors (Lipinski definition) is 3. The Bertz CT molecular complexity index is 457. The minimum absolute atomic E-state index is 0.283. The highest BCUT2D eigenvalue weighted by Crippen LogP contribution is 2.32. The van der Waals surface area contributed by atoms with Gasteiger partial charge < -0.3 is 5.32 Å². The molecule has 0 bridgehead atoms. The number of nitrogens with zero attached hydrogens (tertiary/aromatic N) is 1. The van der Waals surface area contributed by atoms with Gasteiger partial charge in [-0.1, -0.05) is 51.1 Å². The summed E-state index contributed by atoms with van der Waals surface area (Å²) in [5.41, 5.74) is 1.60. The fourth-order valence-corrected chi connectivity index (χ4v) is 2.58. The molecule has 18 heavy (non-hydrogen) atoms. The van der Waals surface area contributed by atoms with E-state index in [2.05, 4.69) is 61.4 Å². The molecule has 0 saturated carbocycles. The Kier molecular flexibility index (Phi) is 4.02. The molecule has 1 atom stereocenters. The van der Waals surface area contributed by atoms with Crippen molar-refractivity contribution in [3.8, 4) is 0 Å². The van der Waals surface area contributed by atoms with Crippen molar-refractivity contribution in [3.05, 3.63) is 47.5 Å². The van der Waals surface area contributed by atoms with Crippen LogP contribution >= 0.6 is 11.3 Å². The Morgan fingerprint density at radius 3 is 2.50 bits per heavy atom. The summed E-state index contributed by atoms with van der Waals surface area (Å²) >= 11 is 1.65. The zero-order chi connectivity index (χ0) is 13.0. The Hall–Kier alpha value is -1.35. The van der Waals surface area contributed by atoms with Crippen LogP contribution in [-0.2, 0) is 0 Å². The molecule has 1 heterocycles. The highest BCUT2D eigenvalue weighted by atomic mass is 32.1. The molecule has 1 aromatic carbocycles. The summed E-state index contributed by atoms with van der Waals surface area (Å²) < 4.78 is 0. The first-order valence-electron chi connectivity index (χ1n) is 6.25. The van der Waals surface area contributed by atoms with Gasteiger partial charge in [-0.3, -0.25) is 0 Å². The van der Waals surface area contributed by atoms with Crippen molar-refractivity contribution in [2.75, 3.05) is 5.32 Å². The first kappa shape index (κ1) is 13.1. The molecule has 96 valence electrons. The maximum absolute atomic E-state index is 4.32. The second-order valence-electron chi connectivity index (χ2n) is 5.71. The number of thiazole rings is 1. The first-order chi connectivity index (χ1) is 8.54. The van der Waals surface area contributed by atoms with Gasteiger partial charge in [-0.25, -0.2) is 4.98 Å². The molecule has 2 rings (SSSR count). The number of nitrogens with one attached hydrogen (secondary N) is 1. The van der Waals surface area contributed by atoms with Crippen molar-refractivity contribution in [2.24, 2.45) is 5.41 Å². The normalized spacial score (nSPS) is 13.3. The molecule has 1 N–H and O–H groups in total. The average molecular weight is 260 g/mol. The van der Waals surface area contributed by atoms with Crippen LogP contribution in [0.2, 0.25) is 0 Å². The highest BCUT2D eigenvalue weighted by molar-refractivity contribution is 7.13. The van der Waals surface area contributed by atoms with Crippen molar-refractivity contribution >= 4 is 16.5 Å². The molecule has 0 fully saturated rings. The van der Waals surface area contributed by atoms with Crippen LogP contribution in [0.25, 0.3) is 0 Å². The summed E-state index contributed by atoms with van der Waals surface area (Å²) in [5.74, 6) is 0. The number of rotatable bonds is 4. The van der Waals surface area contributed by atoms with Gasteiger partial charge in [0.25, 0.3) is 0 Å². The third kappa shape index (κ3) is 3.84. The SMILES string of the molecule is CC(C)(C)CC(Nc1nccs1)c1ccccc1. The molecule has 2 nitrogen and oxygen atoms in total. The van der Waals surface area contributed by atoms with Gasteiger partial charge in [0.1, 0.15) is 0 Å². The van der Waals surface area contributed by atoms with E-state index in [-0.39, 0.29) is 5.41 Å². The van der Waals surface area contributed by atoms with Gasteiger partial charge in [-0.15, -0.1) is 11.3 Å². The summed E-state index contributed by atoms with van der Waals surface area (Å²) in [6.45, 7) is 6.81. The van der Waals surface area contributed by atoms with E-state index >= 15 is 0 Å². The zero-order valence-corrected chi connectivity index (χ0v) is 12.0. The monoisotopic (exact) mass is 260 g/mol. The van der Waals surface area contributed by atoms with E-state index in [1.165, 1.54) is 5.56 Å². The Morgan fingerprint density at radius 1 is 1.22 bits per heavy atom. The fraction of sp³-hybridized carbons (Fsp3) is 0.400. The minimum Gasteiger partial charge on any atom is -0.355 e. The van der Waals surface area contributed by atoms with Crippen LogP contribution in [0.5, 0.6) is 0 Å². The van der Waals surface area contributed by atoms with Crippen molar-refractivity contribution in [2.45, 2.75) is 33.2 Å². The first-order valence-corrected chi connectivity index (χ1v) is 7.13.